The van der Waals surface area contributed by atoms with Gasteiger partial charge in [0.05, 0.1) is 5.92 Å². The summed E-state index contributed by atoms with van der Waals surface area (Å²) in [4.78, 5) is 30.7. The molecule has 146 valence electrons. The lowest BCUT2D eigenvalue weighted by Gasteiger charge is -2.37. The molecule has 7 heteroatoms. The van der Waals surface area contributed by atoms with Crippen molar-refractivity contribution >= 4 is 23.2 Å². The van der Waals surface area contributed by atoms with Gasteiger partial charge in [-0.3, -0.25) is 9.59 Å². The highest BCUT2D eigenvalue weighted by Crippen LogP contribution is 2.27. The minimum atomic E-state index is -0.380. The van der Waals surface area contributed by atoms with Gasteiger partial charge in [-0.25, -0.2) is 8.78 Å². The summed E-state index contributed by atoms with van der Waals surface area (Å²) in [6, 6.07) is 12.1. The predicted molar refractivity (Wildman–Crippen MR) is 102 cm³/mol. The summed E-state index contributed by atoms with van der Waals surface area (Å²) in [6.45, 7) is 2.79. The van der Waals surface area contributed by atoms with Crippen LogP contribution in [0.3, 0.4) is 0 Å². The molecule has 2 aliphatic rings. The molecule has 0 aromatic heterocycles. The van der Waals surface area contributed by atoms with E-state index in [1.54, 1.807) is 34.1 Å². The van der Waals surface area contributed by atoms with E-state index in [0.717, 1.165) is 5.69 Å². The Morgan fingerprint density at radius 1 is 0.821 bits per heavy atom. The molecule has 28 heavy (non-hydrogen) atoms. The Kier molecular flexibility index (Phi) is 4.98. The van der Waals surface area contributed by atoms with Gasteiger partial charge in [0.1, 0.15) is 11.6 Å². The minimum Gasteiger partial charge on any atom is -0.368 e. The van der Waals surface area contributed by atoms with Crippen molar-refractivity contribution in [1.82, 2.24) is 4.90 Å². The maximum atomic E-state index is 13.1. The first-order valence-corrected chi connectivity index (χ1v) is 9.36. The maximum Gasteiger partial charge on any atom is 0.228 e. The fourth-order valence-electron chi connectivity index (χ4n) is 3.84. The first-order valence-electron chi connectivity index (χ1n) is 9.36. The number of hydrogen-bond acceptors (Lipinski definition) is 3. The lowest BCUT2D eigenvalue weighted by Crippen LogP contribution is -2.50. The first kappa shape index (κ1) is 18.4. The Hall–Kier alpha value is -2.96. The number of benzene rings is 2. The zero-order valence-corrected chi connectivity index (χ0v) is 15.4. The molecular weight excluding hydrogens is 364 g/mol. The van der Waals surface area contributed by atoms with Gasteiger partial charge in [-0.1, -0.05) is 0 Å². The monoisotopic (exact) mass is 385 g/mol. The Labute approximate surface area is 162 Å². The van der Waals surface area contributed by atoms with E-state index in [1.807, 2.05) is 0 Å². The third-order valence-electron chi connectivity index (χ3n) is 5.40. The van der Waals surface area contributed by atoms with Crippen molar-refractivity contribution in [3.63, 3.8) is 0 Å². The lowest BCUT2D eigenvalue weighted by molar-refractivity contribution is -0.136. The Morgan fingerprint density at radius 2 is 1.36 bits per heavy atom. The third kappa shape index (κ3) is 3.69. The van der Waals surface area contributed by atoms with E-state index in [1.165, 1.54) is 24.3 Å². The fraction of sp³-hybridized carbons (Fsp3) is 0.333. The molecule has 2 fully saturated rings. The van der Waals surface area contributed by atoms with Crippen molar-refractivity contribution in [2.75, 3.05) is 42.5 Å². The van der Waals surface area contributed by atoms with Gasteiger partial charge < -0.3 is 14.7 Å². The summed E-state index contributed by atoms with van der Waals surface area (Å²) >= 11 is 0. The molecule has 0 N–H and O–H groups in total. The predicted octanol–water partition coefficient (Wildman–Crippen LogP) is 2.67. The zero-order valence-electron chi connectivity index (χ0n) is 15.4. The van der Waals surface area contributed by atoms with Gasteiger partial charge in [-0.15, -0.1) is 0 Å². The maximum absolute atomic E-state index is 13.1. The number of hydrogen-bond donors (Lipinski definition) is 0. The molecule has 0 saturated carbocycles. The average molecular weight is 385 g/mol. The Morgan fingerprint density at radius 3 is 1.93 bits per heavy atom. The molecule has 2 heterocycles. The first-order chi connectivity index (χ1) is 13.5. The summed E-state index contributed by atoms with van der Waals surface area (Å²) in [7, 11) is 0. The van der Waals surface area contributed by atoms with Crippen molar-refractivity contribution in [3.05, 3.63) is 60.2 Å². The van der Waals surface area contributed by atoms with Crippen LogP contribution in [-0.2, 0) is 9.59 Å². The number of halogens is 2. The molecule has 2 saturated heterocycles. The second kappa shape index (κ2) is 7.58. The number of amides is 2. The molecule has 0 bridgehead atoms. The molecule has 5 nitrogen and oxygen atoms in total. The van der Waals surface area contributed by atoms with Gasteiger partial charge in [0.15, 0.2) is 0 Å². The van der Waals surface area contributed by atoms with E-state index in [2.05, 4.69) is 4.90 Å². The van der Waals surface area contributed by atoms with E-state index >= 15 is 0 Å². The van der Waals surface area contributed by atoms with Crippen LogP contribution in [0, 0.1) is 17.6 Å². The number of anilines is 2. The smallest absolute Gasteiger partial charge is 0.228 e. The van der Waals surface area contributed by atoms with E-state index in [9.17, 15) is 18.4 Å². The molecule has 0 spiro atoms. The minimum absolute atomic E-state index is 0.0169. The van der Waals surface area contributed by atoms with Crippen LogP contribution < -0.4 is 9.80 Å². The van der Waals surface area contributed by atoms with Crippen molar-refractivity contribution in [2.45, 2.75) is 6.42 Å². The summed E-state index contributed by atoms with van der Waals surface area (Å²) in [6.07, 6.45) is 0.175. The van der Waals surface area contributed by atoms with Crippen LogP contribution in [0.2, 0.25) is 0 Å². The number of nitrogens with zero attached hydrogens (tertiary/aromatic N) is 3. The SMILES string of the molecule is O=C(C1CC(=O)N(c2ccc(F)cc2)C1)N1CCN(c2ccc(F)cc2)CC1. The summed E-state index contributed by atoms with van der Waals surface area (Å²) in [5, 5.41) is 0. The van der Waals surface area contributed by atoms with Crippen LogP contribution in [0.4, 0.5) is 20.2 Å². The molecule has 2 amide bonds. The number of carbonyl (C=O) groups excluding carboxylic acids is 2. The largest absolute Gasteiger partial charge is 0.368 e. The highest BCUT2D eigenvalue weighted by molar-refractivity contribution is 6.00. The van der Waals surface area contributed by atoms with Crippen LogP contribution in [0.25, 0.3) is 0 Å². The lowest BCUT2D eigenvalue weighted by atomic mass is 10.1. The molecular formula is C21H21F2N3O2. The second-order valence-corrected chi connectivity index (χ2v) is 7.17. The summed E-state index contributed by atoms with van der Waals surface area (Å²) in [5.41, 5.74) is 1.55. The van der Waals surface area contributed by atoms with Crippen LogP contribution in [0.15, 0.2) is 48.5 Å². The quantitative estimate of drug-likeness (QED) is 0.816. The molecule has 2 aromatic carbocycles. The van der Waals surface area contributed by atoms with Crippen LogP contribution in [0.1, 0.15) is 6.42 Å². The fourth-order valence-corrected chi connectivity index (χ4v) is 3.84. The topological polar surface area (TPSA) is 43.9 Å². The molecule has 0 radical (unpaired) electrons. The van der Waals surface area contributed by atoms with Gasteiger partial charge in [-0.2, -0.15) is 0 Å². The summed E-state index contributed by atoms with van der Waals surface area (Å²) < 4.78 is 26.2. The van der Waals surface area contributed by atoms with E-state index in [-0.39, 0.29) is 35.8 Å². The van der Waals surface area contributed by atoms with Crippen LogP contribution in [-0.4, -0.2) is 49.4 Å². The number of piperazine rings is 1. The second-order valence-electron chi connectivity index (χ2n) is 7.17. The van der Waals surface area contributed by atoms with Gasteiger partial charge in [0.2, 0.25) is 11.8 Å². The van der Waals surface area contributed by atoms with Crippen molar-refractivity contribution in [3.8, 4) is 0 Å². The summed E-state index contributed by atoms with van der Waals surface area (Å²) in [5.74, 6) is -1.14. The molecule has 2 aliphatic heterocycles. The van der Waals surface area contributed by atoms with Crippen LogP contribution >= 0.6 is 0 Å². The highest BCUT2D eigenvalue weighted by Gasteiger charge is 2.37. The molecule has 1 unspecified atom stereocenters. The number of carbonyl (C=O) groups is 2. The van der Waals surface area contributed by atoms with Gasteiger partial charge >= 0.3 is 0 Å². The molecule has 2 aromatic rings. The zero-order chi connectivity index (χ0) is 19.7. The van der Waals surface area contributed by atoms with E-state index in [0.29, 0.717) is 38.4 Å². The van der Waals surface area contributed by atoms with Crippen molar-refractivity contribution in [1.29, 1.82) is 0 Å². The Balaban J connectivity index is 1.36. The van der Waals surface area contributed by atoms with Crippen LogP contribution in [0.5, 0.6) is 0 Å². The van der Waals surface area contributed by atoms with E-state index < -0.39 is 0 Å². The number of rotatable bonds is 3. The van der Waals surface area contributed by atoms with Crippen molar-refractivity contribution < 1.29 is 18.4 Å². The Bertz CT molecular complexity index is 862. The molecule has 4 rings (SSSR count). The molecule has 1 atom stereocenters. The van der Waals surface area contributed by atoms with Crippen molar-refractivity contribution in [2.24, 2.45) is 5.92 Å². The standard InChI is InChI=1S/C21H21F2N3O2/c22-16-1-5-18(6-2-16)24-9-11-25(12-10-24)21(28)15-13-20(27)26(14-15)19-7-3-17(23)4-8-19/h1-8,15H,9-14H2. The highest BCUT2D eigenvalue weighted by atomic mass is 19.1. The van der Waals surface area contributed by atoms with Gasteiger partial charge in [0.25, 0.3) is 0 Å². The third-order valence-corrected chi connectivity index (χ3v) is 5.40. The van der Waals surface area contributed by atoms with Gasteiger partial charge in [0, 0.05) is 50.5 Å². The average Bonchev–Trinajstić information content (AvgIpc) is 3.10. The van der Waals surface area contributed by atoms with E-state index in [4.69, 9.17) is 0 Å². The molecule has 0 aliphatic carbocycles. The van der Waals surface area contributed by atoms with Gasteiger partial charge in [-0.05, 0) is 48.5 Å². The normalized spacial score (nSPS) is 20.0.